The number of aromatic amines is 1. The van der Waals surface area contributed by atoms with Crippen LogP contribution in [0.3, 0.4) is 0 Å². The minimum Gasteiger partial charge on any atom is -0.335 e. The van der Waals surface area contributed by atoms with Crippen LogP contribution in [0.4, 0.5) is 0 Å². The zero-order valence-electron chi connectivity index (χ0n) is 12.8. The molecule has 1 aliphatic carbocycles. The second-order valence-electron chi connectivity index (χ2n) is 6.95. The van der Waals surface area contributed by atoms with Crippen molar-refractivity contribution in [1.82, 2.24) is 20.0 Å². The van der Waals surface area contributed by atoms with Crippen molar-refractivity contribution in [3.05, 3.63) is 17.0 Å². The van der Waals surface area contributed by atoms with E-state index in [2.05, 4.69) is 22.0 Å². The molecule has 1 aromatic heterocycles. The third-order valence-corrected chi connectivity index (χ3v) is 5.24. The molecular weight excluding hydrogens is 264 g/mol. The molecule has 1 saturated heterocycles. The summed E-state index contributed by atoms with van der Waals surface area (Å²) in [5.41, 5.74) is 3.02. The van der Waals surface area contributed by atoms with Gasteiger partial charge in [-0.2, -0.15) is 5.10 Å². The Balaban J connectivity index is 1.54. The molecule has 21 heavy (non-hydrogen) atoms. The summed E-state index contributed by atoms with van der Waals surface area (Å²) >= 11 is 0. The van der Waals surface area contributed by atoms with Crippen LogP contribution >= 0.6 is 0 Å². The second-order valence-corrected chi connectivity index (χ2v) is 6.95. The van der Waals surface area contributed by atoms with Gasteiger partial charge in [0.25, 0.3) is 5.91 Å². The Morgan fingerprint density at radius 1 is 1.33 bits per heavy atom. The van der Waals surface area contributed by atoms with Crippen molar-refractivity contribution < 1.29 is 4.79 Å². The number of amides is 1. The Morgan fingerprint density at radius 2 is 2.19 bits per heavy atom. The van der Waals surface area contributed by atoms with Crippen LogP contribution in [0, 0.1) is 5.92 Å². The van der Waals surface area contributed by atoms with Crippen LogP contribution in [0.2, 0.25) is 0 Å². The third kappa shape index (κ3) is 2.48. The van der Waals surface area contributed by atoms with E-state index in [1.165, 1.54) is 25.1 Å². The predicted molar refractivity (Wildman–Crippen MR) is 80.0 cm³/mol. The Labute approximate surface area is 125 Å². The van der Waals surface area contributed by atoms with Gasteiger partial charge in [0.15, 0.2) is 5.69 Å². The lowest BCUT2D eigenvalue weighted by atomic mass is 10.0. The van der Waals surface area contributed by atoms with Crippen LogP contribution in [0.15, 0.2) is 0 Å². The van der Waals surface area contributed by atoms with Gasteiger partial charge in [0.2, 0.25) is 0 Å². The van der Waals surface area contributed by atoms with Crippen molar-refractivity contribution in [1.29, 1.82) is 0 Å². The van der Waals surface area contributed by atoms with Crippen LogP contribution in [-0.2, 0) is 13.0 Å². The highest BCUT2D eigenvalue weighted by Crippen LogP contribution is 2.32. The standard InChI is InChI=1S/C16H24N4O/c1-11-3-2-7-20(11)16(21)15-13-10-19(9-12-4-5-12)8-6-14(13)17-18-15/h11-12H,2-10H2,1H3,(H,17,18)/t11-/m0/s1. The highest BCUT2D eigenvalue weighted by Gasteiger charge is 2.33. The van der Waals surface area contributed by atoms with Crippen molar-refractivity contribution in [3.8, 4) is 0 Å². The first-order valence-corrected chi connectivity index (χ1v) is 8.32. The summed E-state index contributed by atoms with van der Waals surface area (Å²) in [6.07, 6.45) is 6.00. The number of carbonyl (C=O) groups is 1. The molecule has 0 bridgehead atoms. The zero-order valence-corrected chi connectivity index (χ0v) is 12.8. The lowest BCUT2D eigenvalue weighted by Crippen LogP contribution is -2.36. The van der Waals surface area contributed by atoms with E-state index in [9.17, 15) is 4.79 Å². The van der Waals surface area contributed by atoms with Gasteiger partial charge in [-0.1, -0.05) is 0 Å². The summed E-state index contributed by atoms with van der Waals surface area (Å²) in [4.78, 5) is 17.3. The number of H-pyrrole nitrogens is 1. The molecule has 1 saturated carbocycles. The van der Waals surface area contributed by atoms with Gasteiger partial charge in [0.05, 0.1) is 0 Å². The molecule has 0 radical (unpaired) electrons. The molecule has 3 heterocycles. The Bertz CT molecular complexity index is 548. The third-order valence-electron chi connectivity index (χ3n) is 5.24. The van der Waals surface area contributed by atoms with Crippen LogP contribution < -0.4 is 0 Å². The minimum atomic E-state index is 0.130. The van der Waals surface area contributed by atoms with Crippen LogP contribution in [0.1, 0.15) is 54.4 Å². The van der Waals surface area contributed by atoms with Gasteiger partial charge < -0.3 is 4.90 Å². The van der Waals surface area contributed by atoms with Gasteiger partial charge in [0.1, 0.15) is 0 Å². The number of nitrogens with zero attached hydrogens (tertiary/aromatic N) is 3. The zero-order chi connectivity index (χ0) is 14.4. The Kier molecular flexibility index (Phi) is 3.25. The SMILES string of the molecule is C[C@H]1CCCN1C(=O)c1n[nH]c2c1CN(CC1CC1)CC2. The molecule has 2 aliphatic heterocycles. The molecule has 3 aliphatic rings. The van der Waals surface area contributed by atoms with Crippen molar-refractivity contribution in [3.63, 3.8) is 0 Å². The smallest absolute Gasteiger partial charge is 0.274 e. The van der Waals surface area contributed by atoms with Gasteiger partial charge >= 0.3 is 0 Å². The van der Waals surface area contributed by atoms with E-state index < -0.39 is 0 Å². The first-order valence-electron chi connectivity index (χ1n) is 8.32. The average molecular weight is 288 g/mol. The number of carbonyl (C=O) groups excluding carboxylic acids is 1. The molecule has 0 aromatic carbocycles. The van der Waals surface area contributed by atoms with Gasteiger partial charge in [-0.25, -0.2) is 0 Å². The molecule has 0 spiro atoms. The lowest BCUT2D eigenvalue weighted by molar-refractivity contribution is 0.0738. The molecule has 1 amide bonds. The fourth-order valence-corrected chi connectivity index (χ4v) is 3.72. The van der Waals surface area contributed by atoms with Gasteiger partial charge in [-0.15, -0.1) is 0 Å². The Morgan fingerprint density at radius 3 is 2.90 bits per heavy atom. The van der Waals surface area contributed by atoms with E-state index in [-0.39, 0.29) is 5.91 Å². The summed E-state index contributed by atoms with van der Waals surface area (Å²) in [5, 5.41) is 7.47. The molecule has 1 aromatic rings. The number of nitrogens with one attached hydrogen (secondary N) is 1. The summed E-state index contributed by atoms with van der Waals surface area (Å²) in [6, 6.07) is 0.357. The Hall–Kier alpha value is -1.36. The number of rotatable bonds is 3. The minimum absolute atomic E-state index is 0.130. The van der Waals surface area contributed by atoms with Crippen molar-refractivity contribution in [2.24, 2.45) is 5.92 Å². The average Bonchev–Trinajstić information content (AvgIpc) is 3.03. The fourth-order valence-electron chi connectivity index (χ4n) is 3.72. The second kappa shape index (κ2) is 5.13. The first kappa shape index (κ1) is 13.3. The van der Waals surface area contributed by atoms with E-state index >= 15 is 0 Å². The maximum absolute atomic E-state index is 12.8. The largest absolute Gasteiger partial charge is 0.335 e. The molecule has 114 valence electrons. The number of fused-ring (bicyclic) bond motifs is 1. The van der Waals surface area contributed by atoms with Crippen LogP contribution in [0.25, 0.3) is 0 Å². The quantitative estimate of drug-likeness (QED) is 0.923. The van der Waals surface area contributed by atoms with Crippen LogP contribution in [0.5, 0.6) is 0 Å². The molecule has 1 atom stereocenters. The maximum atomic E-state index is 12.8. The van der Waals surface area contributed by atoms with E-state index in [1.54, 1.807) is 0 Å². The van der Waals surface area contributed by atoms with E-state index in [0.717, 1.165) is 50.4 Å². The molecule has 4 rings (SSSR count). The normalized spacial score (nSPS) is 26.1. The molecule has 0 unspecified atom stereocenters. The van der Waals surface area contributed by atoms with Gasteiger partial charge in [-0.05, 0) is 38.5 Å². The van der Waals surface area contributed by atoms with Crippen molar-refractivity contribution in [2.75, 3.05) is 19.6 Å². The molecule has 2 fully saturated rings. The monoisotopic (exact) mass is 288 g/mol. The maximum Gasteiger partial charge on any atom is 0.274 e. The summed E-state index contributed by atoms with van der Waals surface area (Å²) < 4.78 is 0. The number of aromatic nitrogens is 2. The number of likely N-dealkylation sites (tertiary alicyclic amines) is 1. The summed E-state index contributed by atoms with van der Waals surface area (Å²) in [7, 11) is 0. The van der Waals surface area contributed by atoms with Gasteiger partial charge in [0, 0.05) is 49.9 Å². The lowest BCUT2D eigenvalue weighted by Gasteiger charge is -2.27. The molecule has 5 heteroatoms. The van der Waals surface area contributed by atoms with E-state index in [0.29, 0.717) is 11.7 Å². The molecule has 1 N–H and O–H groups in total. The van der Waals surface area contributed by atoms with Gasteiger partial charge in [-0.3, -0.25) is 14.8 Å². The fraction of sp³-hybridized carbons (Fsp3) is 0.750. The number of hydrogen-bond donors (Lipinski definition) is 1. The summed E-state index contributed by atoms with van der Waals surface area (Å²) in [5.74, 6) is 1.03. The highest BCUT2D eigenvalue weighted by atomic mass is 16.2. The van der Waals surface area contributed by atoms with Crippen LogP contribution in [-0.4, -0.2) is 51.6 Å². The molecular formula is C16H24N4O. The molecule has 5 nitrogen and oxygen atoms in total. The predicted octanol–water partition coefficient (Wildman–Crippen LogP) is 1.80. The van der Waals surface area contributed by atoms with E-state index in [1.807, 2.05) is 4.90 Å². The van der Waals surface area contributed by atoms with Crippen molar-refractivity contribution in [2.45, 2.75) is 51.6 Å². The highest BCUT2D eigenvalue weighted by molar-refractivity contribution is 5.94. The first-order chi connectivity index (χ1) is 10.2. The number of hydrogen-bond acceptors (Lipinski definition) is 3. The summed E-state index contributed by atoms with van der Waals surface area (Å²) in [6.45, 7) is 6.21. The van der Waals surface area contributed by atoms with E-state index in [4.69, 9.17) is 0 Å². The van der Waals surface area contributed by atoms with Crippen molar-refractivity contribution >= 4 is 5.91 Å². The topological polar surface area (TPSA) is 52.2 Å².